The van der Waals surface area contributed by atoms with Crippen molar-refractivity contribution < 1.29 is 23.8 Å². The molecule has 2 fully saturated rings. The van der Waals surface area contributed by atoms with Crippen molar-refractivity contribution in [2.45, 2.75) is 76.0 Å². The van der Waals surface area contributed by atoms with Crippen LogP contribution in [0.25, 0.3) is 0 Å². The minimum absolute atomic E-state index is 0.0177. The van der Waals surface area contributed by atoms with Crippen LogP contribution in [-0.2, 0) is 27.1 Å². The van der Waals surface area contributed by atoms with Gasteiger partial charge in [0.05, 0.1) is 12.2 Å². The van der Waals surface area contributed by atoms with Crippen LogP contribution in [0.3, 0.4) is 0 Å². The van der Waals surface area contributed by atoms with E-state index in [4.69, 9.17) is 14.5 Å². The molecule has 3 aliphatic heterocycles. The molecule has 0 bridgehead atoms. The maximum atomic E-state index is 14.9. The molecule has 1 aromatic heterocycles. The van der Waals surface area contributed by atoms with Gasteiger partial charge in [0, 0.05) is 44.1 Å². The number of aryl methyl sites for hydroxylation is 2. The summed E-state index contributed by atoms with van der Waals surface area (Å²) in [6.07, 6.45) is 8.08. The Morgan fingerprint density at radius 2 is 2.14 bits per heavy atom. The van der Waals surface area contributed by atoms with E-state index in [1.165, 1.54) is 11.6 Å². The van der Waals surface area contributed by atoms with Crippen LogP contribution in [-0.4, -0.2) is 59.9 Å². The third-order valence-electron chi connectivity index (χ3n) is 7.79. The summed E-state index contributed by atoms with van der Waals surface area (Å²) in [5, 5.41) is 13.5. The molecule has 37 heavy (non-hydrogen) atoms. The highest BCUT2D eigenvalue weighted by molar-refractivity contribution is 5.76. The van der Waals surface area contributed by atoms with Gasteiger partial charge in [-0.05, 0) is 81.0 Å². The number of pyridine rings is 1. The number of nitrogens with one attached hydrogen (secondary N) is 1. The van der Waals surface area contributed by atoms with Crippen LogP contribution in [0.4, 0.5) is 10.2 Å². The topological polar surface area (TPSA) is 83.9 Å². The standard InChI is InChI=1S/C29H38FN3O4/c30-24-10-5-9-23(26(24)25-11-2-4-18-37-25)27(29(34)35)33-16-14-22(19-33)36-17-3-1-8-21-13-12-20-7-6-15-31-28(20)32-21/h5,9-10,12-13,22,25,27H,1-4,6-8,11,14-19H2,(H,31,32)(H,34,35)/t22-,25+,27-/m1/s1. The van der Waals surface area contributed by atoms with E-state index in [9.17, 15) is 14.3 Å². The van der Waals surface area contributed by atoms with Gasteiger partial charge in [-0.15, -0.1) is 0 Å². The molecule has 3 atom stereocenters. The lowest BCUT2D eigenvalue weighted by molar-refractivity contribution is -0.143. The molecule has 4 heterocycles. The predicted octanol–water partition coefficient (Wildman–Crippen LogP) is 5.06. The van der Waals surface area contributed by atoms with Gasteiger partial charge in [0.2, 0.25) is 0 Å². The van der Waals surface area contributed by atoms with Gasteiger partial charge in [0.15, 0.2) is 0 Å². The summed E-state index contributed by atoms with van der Waals surface area (Å²) < 4.78 is 26.9. The number of carboxylic acids is 1. The van der Waals surface area contributed by atoms with E-state index in [2.05, 4.69) is 17.4 Å². The Labute approximate surface area is 218 Å². The van der Waals surface area contributed by atoms with Crippen LogP contribution < -0.4 is 5.32 Å². The molecule has 0 saturated carbocycles. The maximum absolute atomic E-state index is 14.9. The van der Waals surface area contributed by atoms with Crippen molar-refractivity contribution in [2.24, 2.45) is 0 Å². The monoisotopic (exact) mass is 511 g/mol. The average Bonchev–Trinajstić information content (AvgIpc) is 3.37. The van der Waals surface area contributed by atoms with E-state index in [0.717, 1.165) is 69.4 Å². The number of unbranched alkanes of at least 4 members (excludes halogenated alkanes) is 1. The molecular formula is C29H38FN3O4. The van der Waals surface area contributed by atoms with E-state index in [1.54, 1.807) is 12.1 Å². The second-order valence-electron chi connectivity index (χ2n) is 10.4. The average molecular weight is 512 g/mol. The Hall–Kier alpha value is -2.55. The van der Waals surface area contributed by atoms with Crippen molar-refractivity contribution >= 4 is 11.8 Å². The summed E-state index contributed by atoms with van der Waals surface area (Å²) in [7, 11) is 0. The Kier molecular flexibility index (Phi) is 8.69. The molecule has 2 aromatic rings. The number of aliphatic carboxylic acids is 1. The number of aromatic nitrogens is 1. The number of nitrogens with zero attached hydrogens (tertiary/aromatic N) is 2. The lowest BCUT2D eigenvalue weighted by Crippen LogP contribution is -2.35. The van der Waals surface area contributed by atoms with Gasteiger partial charge in [-0.3, -0.25) is 9.69 Å². The van der Waals surface area contributed by atoms with Gasteiger partial charge in [-0.25, -0.2) is 9.37 Å². The number of likely N-dealkylation sites (tertiary alicyclic amines) is 1. The second-order valence-corrected chi connectivity index (χ2v) is 10.4. The molecule has 0 radical (unpaired) electrons. The molecule has 3 aliphatic rings. The van der Waals surface area contributed by atoms with Gasteiger partial charge < -0.3 is 19.9 Å². The van der Waals surface area contributed by atoms with Gasteiger partial charge in [0.25, 0.3) is 0 Å². The maximum Gasteiger partial charge on any atom is 0.325 e. The molecule has 1 aromatic carbocycles. The molecule has 7 nitrogen and oxygen atoms in total. The first-order valence-corrected chi connectivity index (χ1v) is 13.8. The fraction of sp³-hybridized carbons (Fsp3) is 0.586. The Morgan fingerprint density at radius 3 is 2.97 bits per heavy atom. The van der Waals surface area contributed by atoms with E-state index in [1.807, 2.05) is 4.90 Å². The number of fused-ring (bicyclic) bond motifs is 1. The first-order chi connectivity index (χ1) is 18.1. The first-order valence-electron chi connectivity index (χ1n) is 13.8. The largest absolute Gasteiger partial charge is 0.480 e. The van der Waals surface area contributed by atoms with Crippen molar-refractivity contribution in [2.75, 3.05) is 38.2 Å². The molecule has 5 rings (SSSR count). The summed E-state index contributed by atoms with van der Waals surface area (Å²) >= 11 is 0. The van der Waals surface area contributed by atoms with Crippen LogP contribution in [0.2, 0.25) is 0 Å². The molecule has 0 unspecified atom stereocenters. The number of carboxylic acid groups (broad SMARTS) is 1. The van der Waals surface area contributed by atoms with Gasteiger partial charge in [0.1, 0.15) is 17.7 Å². The Bertz CT molecular complexity index is 1080. The molecule has 200 valence electrons. The lowest BCUT2D eigenvalue weighted by Gasteiger charge is -2.30. The van der Waals surface area contributed by atoms with Crippen molar-refractivity contribution in [3.63, 3.8) is 0 Å². The molecule has 2 saturated heterocycles. The van der Waals surface area contributed by atoms with Crippen molar-refractivity contribution in [1.82, 2.24) is 9.88 Å². The number of carbonyl (C=O) groups is 1. The quantitative estimate of drug-likeness (QED) is 0.432. The number of anilines is 1. The smallest absolute Gasteiger partial charge is 0.325 e. The van der Waals surface area contributed by atoms with Gasteiger partial charge in [-0.2, -0.15) is 0 Å². The van der Waals surface area contributed by atoms with Crippen molar-refractivity contribution in [1.29, 1.82) is 0 Å². The zero-order chi connectivity index (χ0) is 25.6. The van der Waals surface area contributed by atoms with Gasteiger partial charge >= 0.3 is 5.97 Å². The zero-order valence-electron chi connectivity index (χ0n) is 21.5. The normalized spacial score (nSPS) is 22.8. The number of hydrogen-bond donors (Lipinski definition) is 2. The van der Waals surface area contributed by atoms with Crippen LogP contribution in [0.5, 0.6) is 0 Å². The number of benzene rings is 1. The highest BCUT2D eigenvalue weighted by Crippen LogP contribution is 2.37. The molecule has 2 N–H and O–H groups in total. The highest BCUT2D eigenvalue weighted by atomic mass is 19.1. The minimum atomic E-state index is -0.963. The van der Waals surface area contributed by atoms with Crippen LogP contribution in [0.1, 0.15) is 79.5 Å². The third-order valence-corrected chi connectivity index (χ3v) is 7.79. The fourth-order valence-corrected chi connectivity index (χ4v) is 5.88. The third kappa shape index (κ3) is 6.30. The predicted molar refractivity (Wildman–Crippen MR) is 139 cm³/mol. The summed E-state index contributed by atoms with van der Waals surface area (Å²) in [4.78, 5) is 19.1. The summed E-state index contributed by atoms with van der Waals surface area (Å²) in [5.41, 5.74) is 3.33. The number of ether oxygens (including phenoxy) is 2. The van der Waals surface area contributed by atoms with E-state index in [-0.39, 0.29) is 18.0 Å². The molecule has 0 spiro atoms. The van der Waals surface area contributed by atoms with E-state index in [0.29, 0.717) is 43.9 Å². The Balaban J connectivity index is 1.13. The molecule has 0 aliphatic carbocycles. The van der Waals surface area contributed by atoms with E-state index < -0.39 is 12.0 Å². The lowest BCUT2D eigenvalue weighted by atomic mass is 9.91. The first kappa shape index (κ1) is 26.1. The fourth-order valence-electron chi connectivity index (χ4n) is 5.88. The highest BCUT2D eigenvalue weighted by Gasteiger charge is 2.37. The van der Waals surface area contributed by atoms with Gasteiger partial charge in [-0.1, -0.05) is 18.2 Å². The van der Waals surface area contributed by atoms with Crippen LogP contribution >= 0.6 is 0 Å². The van der Waals surface area contributed by atoms with E-state index >= 15 is 0 Å². The summed E-state index contributed by atoms with van der Waals surface area (Å²) in [6, 6.07) is 8.16. The number of rotatable bonds is 10. The Morgan fingerprint density at radius 1 is 1.22 bits per heavy atom. The van der Waals surface area contributed by atoms with Crippen LogP contribution in [0, 0.1) is 5.82 Å². The minimum Gasteiger partial charge on any atom is -0.480 e. The number of hydrogen-bond acceptors (Lipinski definition) is 6. The van der Waals surface area contributed by atoms with Crippen molar-refractivity contribution in [3.05, 3.63) is 58.5 Å². The molecular weight excluding hydrogens is 473 g/mol. The SMILES string of the molecule is O=C(O)[C@@H](c1cccc(F)c1[C@@H]1CCCCO1)N1CC[C@@H](OCCCCc2ccc3c(n2)NCCC3)C1. The van der Waals surface area contributed by atoms with Crippen molar-refractivity contribution in [3.8, 4) is 0 Å². The number of halogens is 1. The zero-order valence-corrected chi connectivity index (χ0v) is 21.5. The second kappa shape index (κ2) is 12.3. The summed E-state index contributed by atoms with van der Waals surface area (Å²) in [6.45, 7) is 3.34. The summed E-state index contributed by atoms with van der Waals surface area (Å²) in [5.74, 6) is -0.308. The molecule has 0 amide bonds. The van der Waals surface area contributed by atoms with Crippen LogP contribution in [0.15, 0.2) is 30.3 Å². The molecule has 8 heteroatoms.